The van der Waals surface area contributed by atoms with Gasteiger partial charge in [-0.25, -0.2) is 9.78 Å². The molecule has 1 N–H and O–H groups in total. The summed E-state index contributed by atoms with van der Waals surface area (Å²) in [5.41, 5.74) is 0.709. The fourth-order valence-corrected chi connectivity index (χ4v) is 3.35. The average molecular weight is 416 g/mol. The minimum absolute atomic E-state index is 0.0858. The van der Waals surface area contributed by atoms with Gasteiger partial charge in [-0.1, -0.05) is 36.4 Å². The van der Waals surface area contributed by atoms with Crippen LogP contribution in [0.15, 0.2) is 82.5 Å². The van der Waals surface area contributed by atoms with E-state index in [4.69, 9.17) is 4.74 Å². The lowest BCUT2D eigenvalue weighted by molar-refractivity contribution is -0.116. The Morgan fingerprint density at radius 1 is 1.00 bits per heavy atom. The summed E-state index contributed by atoms with van der Waals surface area (Å²) in [6.45, 7) is -0.185. The van der Waals surface area contributed by atoms with Gasteiger partial charge in [-0.2, -0.15) is 0 Å². The summed E-state index contributed by atoms with van der Waals surface area (Å²) in [5.74, 6) is 0.187. The van der Waals surface area contributed by atoms with Crippen LogP contribution in [-0.4, -0.2) is 27.1 Å². The number of ether oxygens (including phenoxy) is 1. The molecular formula is C23H20N4O4. The van der Waals surface area contributed by atoms with Gasteiger partial charge in [0.2, 0.25) is 5.91 Å². The number of methoxy groups -OCH3 is 1. The van der Waals surface area contributed by atoms with E-state index in [-0.39, 0.29) is 18.6 Å². The van der Waals surface area contributed by atoms with Crippen LogP contribution in [0.25, 0.3) is 11.0 Å². The van der Waals surface area contributed by atoms with E-state index in [0.717, 1.165) is 10.1 Å². The number of aromatic nitrogens is 3. The summed E-state index contributed by atoms with van der Waals surface area (Å²) < 4.78 is 7.53. The molecule has 4 aromatic rings. The molecule has 156 valence electrons. The molecule has 0 atom stereocenters. The van der Waals surface area contributed by atoms with Gasteiger partial charge in [0.15, 0.2) is 5.52 Å². The third-order valence-electron chi connectivity index (χ3n) is 4.83. The van der Waals surface area contributed by atoms with Crippen LogP contribution in [0.1, 0.15) is 5.56 Å². The van der Waals surface area contributed by atoms with Gasteiger partial charge in [-0.15, -0.1) is 0 Å². The number of carbonyl (C=O) groups excluding carboxylic acids is 1. The fourth-order valence-electron chi connectivity index (χ4n) is 3.35. The maximum Gasteiger partial charge on any atom is 0.332 e. The number of pyridine rings is 1. The molecule has 0 saturated carbocycles. The number of nitrogens with zero attached hydrogens (tertiary/aromatic N) is 3. The standard InChI is InChI=1S/C23H20N4O4/c1-31-18-10-5-9-17(13-18)25-20(28)15-26-19-11-6-12-24-21(19)22(29)27(23(26)30)14-16-7-3-2-4-8-16/h2-13H,14-15H2,1H3,(H,25,28). The highest BCUT2D eigenvalue weighted by Gasteiger charge is 2.16. The number of nitrogens with one attached hydrogen (secondary N) is 1. The lowest BCUT2D eigenvalue weighted by Gasteiger charge is -2.14. The quantitative estimate of drug-likeness (QED) is 0.520. The number of carbonyl (C=O) groups is 1. The summed E-state index contributed by atoms with van der Waals surface area (Å²) in [6.07, 6.45) is 1.49. The molecule has 2 aromatic carbocycles. The Bertz CT molecular complexity index is 1360. The van der Waals surface area contributed by atoms with Crippen molar-refractivity contribution in [2.45, 2.75) is 13.1 Å². The zero-order valence-electron chi connectivity index (χ0n) is 16.8. The van der Waals surface area contributed by atoms with Crippen LogP contribution in [0.3, 0.4) is 0 Å². The molecule has 0 spiro atoms. The van der Waals surface area contributed by atoms with E-state index in [2.05, 4.69) is 10.3 Å². The number of anilines is 1. The molecule has 0 bridgehead atoms. The minimum atomic E-state index is -0.574. The minimum Gasteiger partial charge on any atom is -0.497 e. The van der Waals surface area contributed by atoms with Crippen LogP contribution >= 0.6 is 0 Å². The van der Waals surface area contributed by atoms with Gasteiger partial charge in [0.05, 0.1) is 19.2 Å². The second-order valence-corrected chi connectivity index (χ2v) is 6.90. The summed E-state index contributed by atoms with van der Waals surface area (Å²) >= 11 is 0. The van der Waals surface area contributed by atoms with Gasteiger partial charge in [0.1, 0.15) is 12.3 Å². The zero-order valence-corrected chi connectivity index (χ0v) is 16.8. The lowest BCUT2D eigenvalue weighted by Crippen LogP contribution is -2.42. The van der Waals surface area contributed by atoms with Crippen molar-refractivity contribution in [3.05, 3.63) is 99.3 Å². The predicted octanol–water partition coefficient (Wildman–Crippen LogP) is 2.25. The number of hydrogen-bond acceptors (Lipinski definition) is 5. The first-order valence-electron chi connectivity index (χ1n) is 9.63. The zero-order chi connectivity index (χ0) is 21.8. The molecule has 0 fully saturated rings. The second kappa shape index (κ2) is 8.66. The molecule has 2 aromatic heterocycles. The molecule has 0 aliphatic heterocycles. The largest absolute Gasteiger partial charge is 0.497 e. The molecule has 0 aliphatic carbocycles. The van der Waals surface area contributed by atoms with Gasteiger partial charge in [-0.3, -0.25) is 18.7 Å². The summed E-state index contributed by atoms with van der Waals surface area (Å²) in [4.78, 5) is 43.0. The van der Waals surface area contributed by atoms with E-state index in [9.17, 15) is 14.4 Å². The molecule has 0 saturated heterocycles. The van der Waals surface area contributed by atoms with Crippen LogP contribution in [0.4, 0.5) is 5.69 Å². The topological polar surface area (TPSA) is 95.2 Å². The molecule has 8 nitrogen and oxygen atoms in total. The van der Waals surface area contributed by atoms with Crippen LogP contribution in [0.5, 0.6) is 5.75 Å². The van der Waals surface area contributed by atoms with E-state index >= 15 is 0 Å². The number of hydrogen-bond donors (Lipinski definition) is 1. The SMILES string of the molecule is COc1cccc(NC(=O)Cn2c(=O)n(Cc3ccccc3)c(=O)c3ncccc32)c1. The van der Waals surface area contributed by atoms with Crippen molar-refractivity contribution in [3.63, 3.8) is 0 Å². The smallest absolute Gasteiger partial charge is 0.332 e. The summed E-state index contributed by atoms with van der Waals surface area (Å²) in [5, 5.41) is 2.75. The summed E-state index contributed by atoms with van der Waals surface area (Å²) in [7, 11) is 1.54. The highest BCUT2D eigenvalue weighted by molar-refractivity contribution is 5.91. The molecule has 0 radical (unpaired) electrons. The highest BCUT2D eigenvalue weighted by Crippen LogP contribution is 2.16. The van der Waals surface area contributed by atoms with E-state index in [1.807, 2.05) is 30.3 Å². The number of amides is 1. The Morgan fingerprint density at radius 2 is 1.81 bits per heavy atom. The van der Waals surface area contributed by atoms with Crippen molar-refractivity contribution in [2.24, 2.45) is 0 Å². The molecule has 0 aliphatic rings. The number of rotatable bonds is 6. The Labute approximate surface area is 177 Å². The van der Waals surface area contributed by atoms with Crippen molar-refractivity contribution >= 4 is 22.6 Å². The normalized spacial score (nSPS) is 10.7. The third-order valence-corrected chi connectivity index (χ3v) is 4.83. The van der Waals surface area contributed by atoms with Crippen molar-refractivity contribution in [1.82, 2.24) is 14.1 Å². The Kier molecular flexibility index (Phi) is 5.61. The van der Waals surface area contributed by atoms with E-state index < -0.39 is 17.2 Å². The predicted molar refractivity (Wildman–Crippen MR) is 117 cm³/mol. The Hall–Kier alpha value is -4.20. The van der Waals surface area contributed by atoms with Crippen LogP contribution in [0, 0.1) is 0 Å². The Morgan fingerprint density at radius 3 is 2.58 bits per heavy atom. The van der Waals surface area contributed by atoms with Crippen molar-refractivity contribution < 1.29 is 9.53 Å². The van der Waals surface area contributed by atoms with Crippen LogP contribution in [0.2, 0.25) is 0 Å². The first-order valence-corrected chi connectivity index (χ1v) is 9.63. The van der Waals surface area contributed by atoms with Crippen molar-refractivity contribution in [2.75, 3.05) is 12.4 Å². The van der Waals surface area contributed by atoms with E-state index in [0.29, 0.717) is 17.0 Å². The molecule has 1 amide bonds. The van der Waals surface area contributed by atoms with Gasteiger partial charge in [0, 0.05) is 18.0 Å². The van der Waals surface area contributed by atoms with Crippen LogP contribution in [-0.2, 0) is 17.9 Å². The fraction of sp³-hybridized carbons (Fsp3) is 0.130. The number of fused-ring (bicyclic) bond motifs is 1. The molecule has 4 rings (SSSR count). The maximum atomic E-state index is 13.2. The van der Waals surface area contributed by atoms with E-state index in [1.165, 1.54) is 17.9 Å². The monoisotopic (exact) mass is 416 g/mol. The molecule has 31 heavy (non-hydrogen) atoms. The van der Waals surface area contributed by atoms with Gasteiger partial charge in [-0.05, 0) is 29.8 Å². The first-order chi connectivity index (χ1) is 15.1. The molecule has 8 heteroatoms. The molecular weight excluding hydrogens is 396 g/mol. The van der Waals surface area contributed by atoms with Crippen molar-refractivity contribution in [1.29, 1.82) is 0 Å². The molecule has 0 unspecified atom stereocenters. The van der Waals surface area contributed by atoms with Crippen LogP contribution < -0.4 is 21.3 Å². The lowest BCUT2D eigenvalue weighted by atomic mass is 10.2. The van der Waals surface area contributed by atoms with Gasteiger partial charge in [0.25, 0.3) is 5.56 Å². The molecule has 2 heterocycles. The first kappa shape index (κ1) is 20.1. The summed E-state index contributed by atoms with van der Waals surface area (Å²) in [6, 6.07) is 19.3. The highest BCUT2D eigenvalue weighted by atomic mass is 16.5. The second-order valence-electron chi connectivity index (χ2n) is 6.90. The van der Waals surface area contributed by atoms with Crippen molar-refractivity contribution in [3.8, 4) is 5.75 Å². The van der Waals surface area contributed by atoms with Gasteiger partial charge < -0.3 is 10.1 Å². The third kappa shape index (κ3) is 4.23. The van der Waals surface area contributed by atoms with E-state index in [1.54, 1.807) is 36.4 Å². The maximum absolute atomic E-state index is 13.2. The van der Waals surface area contributed by atoms with Gasteiger partial charge >= 0.3 is 5.69 Å². The Balaban J connectivity index is 1.73. The number of benzene rings is 2. The average Bonchev–Trinajstić information content (AvgIpc) is 2.80.